The van der Waals surface area contributed by atoms with Gasteiger partial charge in [-0.15, -0.1) is 11.3 Å². The van der Waals surface area contributed by atoms with Crippen LogP contribution in [0.3, 0.4) is 0 Å². The summed E-state index contributed by atoms with van der Waals surface area (Å²) in [6.45, 7) is 6.77. The molecule has 0 saturated carbocycles. The number of hydrogen-bond acceptors (Lipinski definition) is 7. The topological polar surface area (TPSA) is 79.3 Å². The number of benzene rings is 1. The third-order valence-electron chi connectivity index (χ3n) is 5.57. The van der Waals surface area contributed by atoms with Crippen LogP contribution < -0.4 is 9.47 Å². The van der Waals surface area contributed by atoms with E-state index < -0.39 is 17.7 Å². The van der Waals surface area contributed by atoms with Crippen molar-refractivity contribution in [2.45, 2.75) is 19.9 Å². The van der Waals surface area contributed by atoms with Gasteiger partial charge in [-0.05, 0) is 30.6 Å². The molecule has 0 unspecified atom stereocenters. The summed E-state index contributed by atoms with van der Waals surface area (Å²) in [5.74, 6) is -0.497. The molecule has 1 aliphatic rings. The lowest BCUT2D eigenvalue weighted by Crippen LogP contribution is -2.38. The van der Waals surface area contributed by atoms with Crippen LogP contribution in [-0.4, -0.2) is 67.0 Å². The van der Waals surface area contributed by atoms with Gasteiger partial charge in [0.2, 0.25) is 5.78 Å². The van der Waals surface area contributed by atoms with Gasteiger partial charge >= 0.3 is 0 Å². The summed E-state index contributed by atoms with van der Waals surface area (Å²) in [7, 11) is 3.05. The first kappa shape index (κ1) is 22.8. The first-order valence-corrected chi connectivity index (χ1v) is 11.1. The molecule has 2 aromatic rings. The number of thiophene rings is 1. The Morgan fingerprint density at radius 3 is 2.48 bits per heavy atom. The number of aliphatic hydroxyl groups is 1. The van der Waals surface area contributed by atoms with Crippen LogP contribution in [0.25, 0.3) is 0 Å². The van der Waals surface area contributed by atoms with Gasteiger partial charge in [-0.1, -0.05) is 32.0 Å². The molecular weight excluding hydrogens is 416 g/mol. The molecule has 0 fully saturated rings. The van der Waals surface area contributed by atoms with Gasteiger partial charge in [-0.25, -0.2) is 0 Å². The second kappa shape index (κ2) is 9.98. The molecule has 1 aliphatic heterocycles. The number of ketones is 1. The summed E-state index contributed by atoms with van der Waals surface area (Å²) >= 11 is 1.27. The Morgan fingerprint density at radius 2 is 1.90 bits per heavy atom. The lowest BCUT2D eigenvalue weighted by Gasteiger charge is -2.30. The number of ether oxygens (including phenoxy) is 2. The van der Waals surface area contributed by atoms with E-state index in [-0.39, 0.29) is 11.4 Å². The maximum Gasteiger partial charge on any atom is 0.290 e. The smallest absolute Gasteiger partial charge is 0.290 e. The highest BCUT2D eigenvalue weighted by Gasteiger charge is 2.45. The predicted octanol–water partition coefficient (Wildman–Crippen LogP) is 3.69. The van der Waals surface area contributed by atoms with Crippen molar-refractivity contribution in [2.24, 2.45) is 0 Å². The Bertz CT molecular complexity index is 966. The quantitative estimate of drug-likeness (QED) is 0.563. The SMILES string of the molecule is CCN(CC)CCN1C(=O)C(O)=C(C(=O)c2cccs2)[C@@H]1c1cccc(OC)c1OC. The fourth-order valence-corrected chi connectivity index (χ4v) is 4.57. The molecule has 1 amide bonds. The van der Waals surface area contributed by atoms with E-state index in [1.807, 2.05) is 0 Å². The third-order valence-corrected chi connectivity index (χ3v) is 6.44. The van der Waals surface area contributed by atoms with Gasteiger partial charge in [-0.3, -0.25) is 9.59 Å². The number of methoxy groups -OCH3 is 2. The fourth-order valence-electron chi connectivity index (χ4n) is 3.90. The summed E-state index contributed by atoms with van der Waals surface area (Å²) < 4.78 is 11.0. The van der Waals surface area contributed by atoms with Crippen molar-refractivity contribution in [3.8, 4) is 11.5 Å². The summed E-state index contributed by atoms with van der Waals surface area (Å²) in [5, 5.41) is 12.6. The maximum absolute atomic E-state index is 13.3. The molecule has 0 bridgehead atoms. The van der Waals surface area contributed by atoms with E-state index in [1.54, 1.807) is 40.6 Å². The first-order chi connectivity index (χ1) is 15.0. The Hall–Kier alpha value is -2.84. The molecule has 1 atom stereocenters. The number of carbonyl (C=O) groups excluding carboxylic acids is 2. The van der Waals surface area contributed by atoms with Crippen molar-refractivity contribution < 1.29 is 24.2 Å². The van der Waals surface area contributed by atoms with E-state index in [0.717, 1.165) is 13.1 Å². The highest BCUT2D eigenvalue weighted by atomic mass is 32.1. The van der Waals surface area contributed by atoms with Crippen molar-refractivity contribution in [3.05, 3.63) is 57.5 Å². The lowest BCUT2D eigenvalue weighted by molar-refractivity contribution is -0.129. The molecule has 31 heavy (non-hydrogen) atoms. The van der Waals surface area contributed by atoms with Crippen molar-refractivity contribution in [1.29, 1.82) is 0 Å². The molecule has 3 rings (SSSR count). The van der Waals surface area contributed by atoms with E-state index in [1.165, 1.54) is 25.6 Å². The number of rotatable bonds is 10. The molecule has 0 radical (unpaired) electrons. The molecule has 7 nitrogen and oxygen atoms in total. The van der Waals surface area contributed by atoms with Crippen LogP contribution in [0.2, 0.25) is 0 Å². The van der Waals surface area contributed by atoms with Crippen molar-refractivity contribution in [3.63, 3.8) is 0 Å². The van der Waals surface area contributed by atoms with Gasteiger partial charge in [0.1, 0.15) is 0 Å². The molecule has 1 aromatic heterocycles. The Kier molecular flexibility index (Phi) is 7.35. The molecular formula is C23H28N2O5S. The first-order valence-electron chi connectivity index (χ1n) is 10.2. The number of carbonyl (C=O) groups is 2. The highest BCUT2D eigenvalue weighted by molar-refractivity contribution is 7.12. The monoisotopic (exact) mass is 444 g/mol. The van der Waals surface area contributed by atoms with Gasteiger partial charge in [0.15, 0.2) is 17.3 Å². The van der Waals surface area contributed by atoms with E-state index in [9.17, 15) is 14.7 Å². The second-order valence-corrected chi connectivity index (χ2v) is 8.03. The number of aliphatic hydroxyl groups excluding tert-OH is 1. The molecule has 0 aliphatic carbocycles. The number of likely N-dealkylation sites (N-methyl/N-ethyl adjacent to an activating group) is 1. The number of nitrogens with zero attached hydrogens (tertiary/aromatic N) is 2. The molecule has 2 heterocycles. The second-order valence-electron chi connectivity index (χ2n) is 7.08. The van der Waals surface area contributed by atoms with Crippen LogP contribution in [0, 0.1) is 0 Å². The zero-order chi connectivity index (χ0) is 22.5. The lowest BCUT2D eigenvalue weighted by atomic mass is 9.94. The number of hydrogen-bond donors (Lipinski definition) is 1. The van der Waals surface area contributed by atoms with Gasteiger partial charge in [0.25, 0.3) is 5.91 Å². The van der Waals surface area contributed by atoms with E-state index >= 15 is 0 Å². The molecule has 0 saturated heterocycles. The zero-order valence-corrected chi connectivity index (χ0v) is 19.1. The van der Waals surface area contributed by atoms with Crippen molar-refractivity contribution in [1.82, 2.24) is 9.80 Å². The predicted molar refractivity (Wildman–Crippen MR) is 120 cm³/mol. The number of para-hydroxylation sites is 1. The minimum atomic E-state index is -0.775. The van der Waals surface area contributed by atoms with Crippen LogP contribution in [0.1, 0.15) is 35.1 Å². The molecule has 8 heteroatoms. The van der Waals surface area contributed by atoms with Crippen LogP contribution in [0.5, 0.6) is 11.5 Å². The van der Waals surface area contributed by atoms with Crippen LogP contribution in [0.4, 0.5) is 0 Å². The van der Waals surface area contributed by atoms with Gasteiger partial charge in [-0.2, -0.15) is 0 Å². The fraction of sp³-hybridized carbons (Fsp3) is 0.391. The van der Waals surface area contributed by atoms with E-state index in [4.69, 9.17) is 9.47 Å². The van der Waals surface area contributed by atoms with Crippen molar-refractivity contribution >= 4 is 23.0 Å². The molecule has 1 aromatic carbocycles. The average molecular weight is 445 g/mol. The standard InChI is InChI=1S/C23H28N2O5S/c1-5-24(6-2)12-13-25-19(15-9-7-10-16(29-3)22(15)30-4)18(21(27)23(25)28)20(26)17-11-8-14-31-17/h7-11,14,19,27H,5-6,12-13H2,1-4H3/t19-/m0/s1. The average Bonchev–Trinajstić information content (AvgIpc) is 3.41. The van der Waals surface area contributed by atoms with E-state index in [0.29, 0.717) is 35.0 Å². The summed E-state index contributed by atoms with van der Waals surface area (Å²) in [6, 6.07) is 8.02. The Morgan fingerprint density at radius 1 is 1.16 bits per heavy atom. The molecule has 166 valence electrons. The van der Waals surface area contributed by atoms with Crippen molar-refractivity contribution in [2.75, 3.05) is 40.4 Å². The zero-order valence-electron chi connectivity index (χ0n) is 18.3. The van der Waals surface area contributed by atoms with Crippen LogP contribution in [-0.2, 0) is 4.79 Å². The highest BCUT2D eigenvalue weighted by Crippen LogP contribution is 2.45. The molecule has 0 spiro atoms. The molecule has 1 N–H and O–H groups in total. The third kappa shape index (κ3) is 4.31. The summed E-state index contributed by atoms with van der Waals surface area (Å²) in [5.41, 5.74) is 0.664. The Labute approximate surface area is 186 Å². The van der Waals surface area contributed by atoms with Gasteiger partial charge in [0, 0.05) is 18.7 Å². The minimum Gasteiger partial charge on any atom is -0.503 e. The van der Waals surface area contributed by atoms with Crippen LogP contribution >= 0.6 is 11.3 Å². The normalized spacial score (nSPS) is 16.4. The van der Waals surface area contributed by atoms with Gasteiger partial charge < -0.3 is 24.4 Å². The summed E-state index contributed by atoms with van der Waals surface area (Å²) in [6.07, 6.45) is 0. The minimum absolute atomic E-state index is 0.0681. The Balaban J connectivity index is 2.11. The summed E-state index contributed by atoms with van der Waals surface area (Å²) in [4.78, 5) is 30.6. The van der Waals surface area contributed by atoms with Gasteiger partial charge in [0.05, 0.1) is 30.7 Å². The van der Waals surface area contributed by atoms with Crippen LogP contribution in [0.15, 0.2) is 47.0 Å². The maximum atomic E-state index is 13.3. The number of amides is 1. The van der Waals surface area contributed by atoms with E-state index in [2.05, 4.69) is 18.7 Å². The number of Topliss-reactive ketones (excluding diaryl/α,β-unsaturated/α-hetero) is 1. The largest absolute Gasteiger partial charge is 0.503 e.